The summed E-state index contributed by atoms with van der Waals surface area (Å²) in [7, 11) is 3.75. The fourth-order valence-corrected chi connectivity index (χ4v) is 3.16. The van der Waals surface area contributed by atoms with Crippen LogP contribution in [0.5, 0.6) is 5.75 Å². The molecular formula is C17H29N3O. The second-order valence-electron chi connectivity index (χ2n) is 5.85. The maximum Gasteiger partial charge on any atom is 0.118 e. The SMILES string of the molecule is CCN1CCN(CC(NC)c2ccc(OC)cc2)CC1C. The first-order chi connectivity index (χ1) is 10.2. The van der Waals surface area contributed by atoms with Gasteiger partial charge in [-0.1, -0.05) is 19.1 Å². The molecule has 1 aromatic rings. The van der Waals surface area contributed by atoms with Gasteiger partial charge in [-0.05, 0) is 38.2 Å². The molecule has 0 saturated carbocycles. The highest BCUT2D eigenvalue weighted by Gasteiger charge is 2.24. The molecule has 0 aromatic heterocycles. The topological polar surface area (TPSA) is 27.7 Å². The quantitative estimate of drug-likeness (QED) is 0.867. The van der Waals surface area contributed by atoms with Gasteiger partial charge in [0.25, 0.3) is 0 Å². The largest absolute Gasteiger partial charge is 0.497 e. The van der Waals surface area contributed by atoms with Gasteiger partial charge in [0.15, 0.2) is 0 Å². The second kappa shape index (κ2) is 7.78. The highest BCUT2D eigenvalue weighted by atomic mass is 16.5. The van der Waals surface area contributed by atoms with Crippen LogP contribution in [0.15, 0.2) is 24.3 Å². The van der Waals surface area contributed by atoms with Crippen LogP contribution in [-0.4, -0.2) is 62.7 Å². The zero-order valence-corrected chi connectivity index (χ0v) is 13.8. The summed E-state index contributed by atoms with van der Waals surface area (Å²) in [6.45, 7) is 10.3. The van der Waals surface area contributed by atoms with Gasteiger partial charge in [-0.2, -0.15) is 0 Å². The van der Waals surface area contributed by atoms with Crippen LogP contribution in [0, 0.1) is 0 Å². The van der Waals surface area contributed by atoms with Gasteiger partial charge in [0.05, 0.1) is 7.11 Å². The van der Waals surface area contributed by atoms with E-state index in [1.165, 1.54) is 12.1 Å². The third kappa shape index (κ3) is 4.19. The molecule has 0 spiro atoms. The number of hydrogen-bond donors (Lipinski definition) is 1. The number of benzene rings is 1. The van der Waals surface area contributed by atoms with E-state index in [1.54, 1.807) is 7.11 Å². The predicted octanol–water partition coefficient (Wildman–Crippen LogP) is 1.98. The van der Waals surface area contributed by atoms with Gasteiger partial charge in [0.2, 0.25) is 0 Å². The van der Waals surface area contributed by atoms with E-state index in [4.69, 9.17) is 4.74 Å². The molecule has 1 fully saturated rings. The lowest BCUT2D eigenvalue weighted by molar-refractivity contribution is 0.0818. The molecule has 2 atom stereocenters. The first-order valence-corrected chi connectivity index (χ1v) is 7.95. The smallest absolute Gasteiger partial charge is 0.118 e. The average molecular weight is 291 g/mol. The van der Waals surface area contributed by atoms with Crippen molar-refractivity contribution in [3.05, 3.63) is 29.8 Å². The Kier molecular flexibility index (Phi) is 6.03. The van der Waals surface area contributed by atoms with E-state index < -0.39 is 0 Å². The summed E-state index contributed by atoms with van der Waals surface area (Å²) in [5.41, 5.74) is 1.32. The first kappa shape index (κ1) is 16.3. The number of methoxy groups -OCH3 is 1. The molecule has 2 rings (SSSR count). The van der Waals surface area contributed by atoms with Gasteiger partial charge >= 0.3 is 0 Å². The number of piperazine rings is 1. The Labute approximate surface area is 129 Å². The van der Waals surface area contributed by atoms with E-state index in [-0.39, 0.29) is 0 Å². The highest BCUT2D eigenvalue weighted by molar-refractivity contribution is 5.29. The molecule has 21 heavy (non-hydrogen) atoms. The van der Waals surface area contributed by atoms with Gasteiger partial charge < -0.3 is 10.1 Å². The zero-order chi connectivity index (χ0) is 15.2. The van der Waals surface area contributed by atoms with E-state index >= 15 is 0 Å². The maximum atomic E-state index is 5.23. The van der Waals surface area contributed by atoms with Gasteiger partial charge in [0.1, 0.15) is 5.75 Å². The van der Waals surface area contributed by atoms with E-state index in [0.717, 1.165) is 31.9 Å². The van der Waals surface area contributed by atoms with Crippen molar-refractivity contribution in [1.82, 2.24) is 15.1 Å². The Morgan fingerprint density at radius 1 is 1.29 bits per heavy atom. The lowest BCUT2D eigenvalue weighted by Crippen LogP contribution is -2.53. The number of likely N-dealkylation sites (N-methyl/N-ethyl adjacent to an activating group) is 2. The molecule has 4 heteroatoms. The molecular weight excluding hydrogens is 262 g/mol. The Morgan fingerprint density at radius 3 is 2.52 bits per heavy atom. The molecule has 0 bridgehead atoms. The molecule has 1 heterocycles. The molecule has 118 valence electrons. The van der Waals surface area contributed by atoms with E-state index in [9.17, 15) is 0 Å². The van der Waals surface area contributed by atoms with Crippen molar-refractivity contribution in [2.45, 2.75) is 25.9 Å². The highest BCUT2D eigenvalue weighted by Crippen LogP contribution is 2.20. The number of nitrogens with zero attached hydrogens (tertiary/aromatic N) is 2. The summed E-state index contributed by atoms with van der Waals surface area (Å²) < 4.78 is 5.23. The lowest BCUT2D eigenvalue weighted by Gasteiger charge is -2.40. The van der Waals surface area contributed by atoms with Gasteiger partial charge in [-0.3, -0.25) is 9.80 Å². The number of ether oxygens (including phenoxy) is 1. The monoisotopic (exact) mass is 291 g/mol. The molecule has 1 aliphatic rings. The van der Waals surface area contributed by atoms with Crippen molar-refractivity contribution in [2.75, 3.05) is 46.9 Å². The van der Waals surface area contributed by atoms with Crippen molar-refractivity contribution in [3.8, 4) is 5.75 Å². The molecule has 1 aromatic carbocycles. The Hall–Kier alpha value is -1.10. The predicted molar refractivity (Wildman–Crippen MR) is 87.9 cm³/mol. The average Bonchev–Trinajstić information content (AvgIpc) is 2.53. The summed E-state index contributed by atoms with van der Waals surface area (Å²) >= 11 is 0. The number of rotatable bonds is 6. The zero-order valence-electron chi connectivity index (χ0n) is 13.8. The molecule has 1 aliphatic heterocycles. The molecule has 0 amide bonds. The molecule has 4 nitrogen and oxygen atoms in total. The minimum Gasteiger partial charge on any atom is -0.497 e. The summed E-state index contributed by atoms with van der Waals surface area (Å²) in [6.07, 6.45) is 0. The van der Waals surface area contributed by atoms with Crippen molar-refractivity contribution in [2.24, 2.45) is 0 Å². The maximum absolute atomic E-state index is 5.23. The fourth-order valence-electron chi connectivity index (χ4n) is 3.16. The van der Waals surface area contributed by atoms with Crippen molar-refractivity contribution in [1.29, 1.82) is 0 Å². The fraction of sp³-hybridized carbons (Fsp3) is 0.647. The van der Waals surface area contributed by atoms with Gasteiger partial charge in [0, 0.05) is 38.3 Å². The first-order valence-electron chi connectivity index (χ1n) is 7.95. The standard InChI is InChI=1S/C17H29N3O/c1-5-20-11-10-19(12-14(20)2)13-17(18-3)15-6-8-16(21-4)9-7-15/h6-9,14,17-18H,5,10-13H2,1-4H3. The number of nitrogens with one attached hydrogen (secondary N) is 1. The van der Waals surface area contributed by atoms with Crippen molar-refractivity contribution >= 4 is 0 Å². The van der Waals surface area contributed by atoms with Crippen LogP contribution in [0.25, 0.3) is 0 Å². The van der Waals surface area contributed by atoms with Gasteiger partial charge in [-0.25, -0.2) is 0 Å². The van der Waals surface area contributed by atoms with E-state index in [2.05, 4.69) is 41.1 Å². The number of hydrogen-bond acceptors (Lipinski definition) is 4. The summed E-state index contributed by atoms with van der Waals surface area (Å²) in [5.74, 6) is 0.916. The van der Waals surface area contributed by atoms with Crippen LogP contribution in [0.2, 0.25) is 0 Å². The molecule has 1 N–H and O–H groups in total. The van der Waals surface area contributed by atoms with Crippen LogP contribution in [0.4, 0.5) is 0 Å². The molecule has 0 aliphatic carbocycles. The van der Waals surface area contributed by atoms with Crippen LogP contribution in [-0.2, 0) is 0 Å². The van der Waals surface area contributed by atoms with E-state index in [0.29, 0.717) is 12.1 Å². The molecule has 1 saturated heterocycles. The summed E-state index contributed by atoms with van der Waals surface area (Å²) in [5, 5.41) is 3.45. The summed E-state index contributed by atoms with van der Waals surface area (Å²) in [6, 6.07) is 9.42. The Bertz CT molecular complexity index is 421. The second-order valence-corrected chi connectivity index (χ2v) is 5.85. The summed E-state index contributed by atoms with van der Waals surface area (Å²) in [4.78, 5) is 5.13. The third-order valence-corrected chi connectivity index (χ3v) is 4.56. The molecule has 2 unspecified atom stereocenters. The van der Waals surface area contributed by atoms with Crippen molar-refractivity contribution < 1.29 is 4.74 Å². The minimum atomic E-state index is 0.372. The van der Waals surface area contributed by atoms with Crippen molar-refractivity contribution in [3.63, 3.8) is 0 Å². The molecule has 0 radical (unpaired) electrons. The Morgan fingerprint density at radius 2 is 2.00 bits per heavy atom. The van der Waals surface area contributed by atoms with Crippen LogP contribution in [0.3, 0.4) is 0 Å². The minimum absolute atomic E-state index is 0.372. The Balaban J connectivity index is 1.95. The lowest BCUT2D eigenvalue weighted by atomic mass is 10.1. The van der Waals surface area contributed by atoms with Crippen LogP contribution in [0.1, 0.15) is 25.5 Å². The normalized spacial score (nSPS) is 22.2. The van der Waals surface area contributed by atoms with Crippen LogP contribution >= 0.6 is 0 Å². The van der Waals surface area contributed by atoms with E-state index in [1.807, 2.05) is 19.2 Å². The van der Waals surface area contributed by atoms with Crippen LogP contribution < -0.4 is 10.1 Å². The van der Waals surface area contributed by atoms with Gasteiger partial charge in [-0.15, -0.1) is 0 Å². The third-order valence-electron chi connectivity index (χ3n) is 4.56.